The third-order valence-electron chi connectivity index (χ3n) is 2.85. The Morgan fingerprint density at radius 3 is 2.41 bits per heavy atom. The second-order valence-corrected chi connectivity index (χ2v) is 6.39. The molecule has 0 aliphatic rings. The number of hydrogen-bond acceptors (Lipinski definition) is 2. The van der Waals surface area contributed by atoms with E-state index in [1.54, 1.807) is 0 Å². The molecule has 0 aliphatic carbocycles. The van der Waals surface area contributed by atoms with E-state index in [9.17, 15) is 0 Å². The minimum atomic E-state index is 0.279. The minimum absolute atomic E-state index is 0.279. The molecule has 0 heterocycles. The van der Waals surface area contributed by atoms with Crippen molar-refractivity contribution >= 4 is 11.8 Å². The molecule has 2 heteroatoms. The van der Waals surface area contributed by atoms with E-state index in [0.29, 0.717) is 0 Å². The lowest BCUT2D eigenvalue weighted by Gasteiger charge is -2.13. The van der Waals surface area contributed by atoms with Crippen molar-refractivity contribution in [1.82, 2.24) is 0 Å². The number of thioether (sulfide) groups is 1. The largest absolute Gasteiger partial charge is 0.327 e. The molecule has 1 rings (SSSR count). The molecule has 1 aromatic rings. The second-order valence-electron chi connectivity index (χ2n) is 5.31. The van der Waals surface area contributed by atoms with Crippen LogP contribution in [0, 0.1) is 19.8 Å². The normalized spacial score (nSPS) is 13.1. The summed E-state index contributed by atoms with van der Waals surface area (Å²) in [6.45, 7) is 8.82. The third kappa shape index (κ3) is 5.60. The molecule has 0 saturated heterocycles. The van der Waals surface area contributed by atoms with Gasteiger partial charge < -0.3 is 5.73 Å². The van der Waals surface area contributed by atoms with Gasteiger partial charge in [-0.05, 0) is 48.6 Å². The quantitative estimate of drug-likeness (QED) is 0.836. The maximum Gasteiger partial charge on any atom is 0.0171 e. The van der Waals surface area contributed by atoms with Crippen molar-refractivity contribution in [3.63, 3.8) is 0 Å². The van der Waals surface area contributed by atoms with Gasteiger partial charge in [-0.15, -0.1) is 0 Å². The highest BCUT2D eigenvalue weighted by molar-refractivity contribution is 7.99. The summed E-state index contributed by atoms with van der Waals surface area (Å²) in [5, 5.41) is 0. The summed E-state index contributed by atoms with van der Waals surface area (Å²) >= 11 is 1.97. The molecular formula is C15H25NS. The monoisotopic (exact) mass is 251 g/mol. The molecule has 0 aromatic heterocycles. The van der Waals surface area contributed by atoms with Crippen molar-refractivity contribution in [2.24, 2.45) is 11.7 Å². The molecule has 0 amide bonds. The lowest BCUT2D eigenvalue weighted by atomic mass is 10.0. The van der Waals surface area contributed by atoms with Crippen LogP contribution in [0.1, 0.15) is 30.5 Å². The van der Waals surface area contributed by atoms with Crippen molar-refractivity contribution in [1.29, 1.82) is 0 Å². The average Bonchev–Trinajstić information content (AvgIpc) is 2.23. The minimum Gasteiger partial charge on any atom is -0.327 e. The van der Waals surface area contributed by atoms with E-state index in [0.717, 1.165) is 18.1 Å². The van der Waals surface area contributed by atoms with Crippen LogP contribution < -0.4 is 5.73 Å². The Hall–Kier alpha value is -0.470. The van der Waals surface area contributed by atoms with E-state index in [-0.39, 0.29) is 6.04 Å². The molecule has 0 aliphatic heterocycles. The fraction of sp³-hybridized carbons (Fsp3) is 0.600. The van der Waals surface area contributed by atoms with Crippen molar-refractivity contribution < 1.29 is 0 Å². The molecule has 1 atom stereocenters. The summed E-state index contributed by atoms with van der Waals surface area (Å²) in [6.07, 6.45) is 0.992. The maximum absolute atomic E-state index is 6.16. The first-order chi connectivity index (χ1) is 7.99. The zero-order chi connectivity index (χ0) is 12.8. The topological polar surface area (TPSA) is 26.0 Å². The highest BCUT2D eigenvalue weighted by Crippen LogP contribution is 2.14. The standard InChI is InChI=1S/C15H25NS/c1-11(2)9-17-10-15(16)8-14-6-5-12(3)13(4)7-14/h5-7,11,15H,8-10,16H2,1-4H3. The zero-order valence-corrected chi connectivity index (χ0v) is 12.3. The molecule has 0 spiro atoms. The lowest BCUT2D eigenvalue weighted by molar-refractivity contribution is 0.731. The fourth-order valence-electron chi connectivity index (χ4n) is 1.75. The van der Waals surface area contributed by atoms with Crippen LogP contribution in [0.4, 0.5) is 0 Å². The second kappa shape index (κ2) is 7.07. The summed E-state index contributed by atoms with van der Waals surface area (Å²) in [4.78, 5) is 0. The van der Waals surface area contributed by atoms with Gasteiger partial charge in [-0.2, -0.15) is 11.8 Å². The highest BCUT2D eigenvalue weighted by Gasteiger charge is 2.06. The average molecular weight is 251 g/mol. The number of aryl methyl sites for hydroxylation is 2. The lowest BCUT2D eigenvalue weighted by Crippen LogP contribution is -2.26. The van der Waals surface area contributed by atoms with Gasteiger partial charge in [0.1, 0.15) is 0 Å². The first kappa shape index (κ1) is 14.6. The Bertz CT molecular complexity index is 347. The van der Waals surface area contributed by atoms with E-state index in [1.165, 1.54) is 22.4 Å². The Balaban J connectivity index is 2.39. The molecule has 17 heavy (non-hydrogen) atoms. The number of hydrogen-bond donors (Lipinski definition) is 1. The Morgan fingerprint density at radius 1 is 1.12 bits per heavy atom. The van der Waals surface area contributed by atoms with Crippen LogP contribution in [0.2, 0.25) is 0 Å². The van der Waals surface area contributed by atoms with Crippen molar-refractivity contribution in [3.05, 3.63) is 34.9 Å². The van der Waals surface area contributed by atoms with Crippen LogP contribution in [-0.4, -0.2) is 17.5 Å². The van der Waals surface area contributed by atoms with Gasteiger partial charge in [0.15, 0.2) is 0 Å². The first-order valence-corrected chi connectivity index (χ1v) is 7.54. The summed E-state index contributed by atoms with van der Waals surface area (Å²) in [5.74, 6) is 3.03. The highest BCUT2D eigenvalue weighted by atomic mass is 32.2. The number of benzene rings is 1. The van der Waals surface area contributed by atoms with Crippen LogP contribution >= 0.6 is 11.8 Å². The van der Waals surface area contributed by atoms with E-state index in [1.807, 2.05) is 11.8 Å². The van der Waals surface area contributed by atoms with Gasteiger partial charge in [-0.1, -0.05) is 32.0 Å². The van der Waals surface area contributed by atoms with Gasteiger partial charge in [0.05, 0.1) is 0 Å². The molecular weight excluding hydrogens is 226 g/mol. The van der Waals surface area contributed by atoms with Crippen LogP contribution in [-0.2, 0) is 6.42 Å². The summed E-state index contributed by atoms with van der Waals surface area (Å²) < 4.78 is 0. The van der Waals surface area contributed by atoms with Gasteiger partial charge in [-0.3, -0.25) is 0 Å². The van der Waals surface area contributed by atoms with E-state index in [4.69, 9.17) is 5.73 Å². The third-order valence-corrected chi connectivity index (χ3v) is 4.42. The van der Waals surface area contributed by atoms with Crippen molar-refractivity contribution in [2.75, 3.05) is 11.5 Å². The Kier molecular flexibility index (Phi) is 6.07. The molecule has 0 fully saturated rings. The van der Waals surface area contributed by atoms with Gasteiger partial charge in [0.2, 0.25) is 0 Å². The molecule has 1 nitrogen and oxygen atoms in total. The summed E-state index contributed by atoms with van der Waals surface area (Å²) in [6, 6.07) is 6.94. The Morgan fingerprint density at radius 2 is 1.82 bits per heavy atom. The maximum atomic E-state index is 6.16. The molecule has 1 unspecified atom stereocenters. The van der Waals surface area contributed by atoms with Crippen LogP contribution in [0.5, 0.6) is 0 Å². The molecule has 96 valence electrons. The zero-order valence-electron chi connectivity index (χ0n) is 11.5. The van der Waals surface area contributed by atoms with Gasteiger partial charge in [0, 0.05) is 11.8 Å². The molecule has 2 N–H and O–H groups in total. The fourth-order valence-corrected chi connectivity index (χ4v) is 2.78. The van der Waals surface area contributed by atoms with Crippen LogP contribution in [0.25, 0.3) is 0 Å². The summed E-state index contributed by atoms with van der Waals surface area (Å²) in [7, 11) is 0. The first-order valence-electron chi connectivity index (χ1n) is 6.38. The molecule has 1 aromatic carbocycles. The molecule has 0 bridgehead atoms. The smallest absolute Gasteiger partial charge is 0.0171 e. The van der Waals surface area contributed by atoms with E-state index < -0.39 is 0 Å². The van der Waals surface area contributed by atoms with Crippen molar-refractivity contribution in [3.8, 4) is 0 Å². The van der Waals surface area contributed by atoms with E-state index in [2.05, 4.69) is 45.9 Å². The van der Waals surface area contributed by atoms with Crippen LogP contribution in [0.3, 0.4) is 0 Å². The number of nitrogens with two attached hydrogens (primary N) is 1. The Labute approximate surface area is 110 Å². The predicted octanol–water partition coefficient (Wildman–Crippen LogP) is 3.56. The number of rotatable bonds is 6. The predicted molar refractivity (Wildman–Crippen MR) is 79.8 cm³/mol. The van der Waals surface area contributed by atoms with Crippen molar-refractivity contribution in [2.45, 2.75) is 40.2 Å². The molecule has 0 radical (unpaired) electrons. The summed E-state index contributed by atoms with van der Waals surface area (Å²) in [5.41, 5.74) is 10.2. The molecule has 0 saturated carbocycles. The van der Waals surface area contributed by atoms with E-state index >= 15 is 0 Å². The van der Waals surface area contributed by atoms with Gasteiger partial charge >= 0.3 is 0 Å². The SMILES string of the molecule is Cc1ccc(CC(N)CSCC(C)C)cc1C. The van der Waals surface area contributed by atoms with Gasteiger partial charge in [-0.25, -0.2) is 0 Å². The van der Waals surface area contributed by atoms with Crippen LogP contribution in [0.15, 0.2) is 18.2 Å². The van der Waals surface area contributed by atoms with Gasteiger partial charge in [0.25, 0.3) is 0 Å².